The van der Waals surface area contributed by atoms with Gasteiger partial charge in [-0.25, -0.2) is 4.79 Å². The molecule has 3 rings (SSSR count). The van der Waals surface area contributed by atoms with Crippen molar-refractivity contribution in [3.8, 4) is 0 Å². The average molecular weight is 253 g/mol. The Hall–Kier alpha value is -1.07. The highest BCUT2D eigenvalue weighted by atomic mass is 32.1. The normalized spacial score (nSPS) is 22.5. The summed E-state index contributed by atoms with van der Waals surface area (Å²) in [6.45, 7) is 1.91. The lowest BCUT2D eigenvalue weighted by atomic mass is 9.85. The van der Waals surface area contributed by atoms with Crippen molar-refractivity contribution in [2.24, 2.45) is 0 Å². The number of carbonyl (C=O) groups is 1. The molecule has 0 aliphatic carbocycles. The molecule has 0 aromatic carbocycles. The molecule has 5 heteroatoms. The van der Waals surface area contributed by atoms with Crippen LogP contribution in [0.1, 0.15) is 23.3 Å². The van der Waals surface area contributed by atoms with E-state index in [1.165, 1.54) is 15.3 Å². The zero-order valence-corrected chi connectivity index (χ0v) is 10.3. The molecule has 4 nitrogen and oxygen atoms in total. The fourth-order valence-electron chi connectivity index (χ4n) is 2.78. The Morgan fingerprint density at radius 3 is 2.94 bits per heavy atom. The second-order valence-corrected chi connectivity index (χ2v) is 5.55. The number of amides is 1. The van der Waals surface area contributed by atoms with Crippen molar-refractivity contribution in [3.63, 3.8) is 0 Å². The number of fused-ring (bicyclic) bond motifs is 2. The third kappa shape index (κ3) is 1.73. The van der Waals surface area contributed by atoms with Crippen molar-refractivity contribution in [2.45, 2.75) is 24.9 Å². The smallest absolute Gasteiger partial charge is 0.407 e. The van der Waals surface area contributed by atoms with Gasteiger partial charge in [-0.1, -0.05) is 0 Å². The van der Waals surface area contributed by atoms with Crippen molar-refractivity contribution in [1.82, 2.24) is 4.90 Å². The molecule has 1 aromatic heterocycles. The number of hydrogen-bond acceptors (Lipinski definition) is 3. The summed E-state index contributed by atoms with van der Waals surface area (Å²) in [7, 11) is 0. The van der Waals surface area contributed by atoms with Crippen LogP contribution in [0.3, 0.4) is 0 Å². The van der Waals surface area contributed by atoms with Crippen molar-refractivity contribution in [2.75, 3.05) is 19.7 Å². The van der Waals surface area contributed by atoms with Gasteiger partial charge in [0, 0.05) is 18.0 Å². The largest absolute Gasteiger partial charge is 0.465 e. The molecular formula is C12H15NO3S. The minimum atomic E-state index is -0.818. The maximum Gasteiger partial charge on any atom is 0.407 e. The number of rotatable bonds is 0. The van der Waals surface area contributed by atoms with E-state index in [0.717, 1.165) is 25.9 Å². The molecule has 2 aliphatic heterocycles. The molecule has 0 atom stereocenters. The van der Waals surface area contributed by atoms with Crippen LogP contribution in [0.15, 0.2) is 11.4 Å². The number of likely N-dealkylation sites (tertiary alicyclic amines) is 1. The zero-order chi connectivity index (χ0) is 11.9. The van der Waals surface area contributed by atoms with Crippen LogP contribution in [0.4, 0.5) is 4.79 Å². The third-order valence-corrected chi connectivity index (χ3v) is 4.89. The number of nitrogens with zero attached hydrogens (tertiary/aromatic N) is 1. The Bertz CT molecular complexity index is 435. The van der Waals surface area contributed by atoms with Crippen molar-refractivity contribution >= 4 is 17.4 Å². The first kappa shape index (κ1) is 11.0. The Labute approximate surface area is 104 Å². The Morgan fingerprint density at radius 2 is 2.24 bits per heavy atom. The maximum absolute atomic E-state index is 10.9. The zero-order valence-electron chi connectivity index (χ0n) is 9.52. The van der Waals surface area contributed by atoms with Crippen LogP contribution in [0.25, 0.3) is 0 Å². The molecule has 2 aliphatic rings. The van der Waals surface area contributed by atoms with Gasteiger partial charge >= 0.3 is 6.09 Å². The number of carboxylic acid groups (broad SMARTS) is 1. The summed E-state index contributed by atoms with van der Waals surface area (Å²) in [5.74, 6) is 0. The fraction of sp³-hybridized carbons (Fsp3) is 0.583. The highest BCUT2D eigenvalue weighted by Gasteiger charge is 2.42. The third-order valence-electron chi connectivity index (χ3n) is 3.75. The van der Waals surface area contributed by atoms with E-state index in [-0.39, 0.29) is 5.60 Å². The van der Waals surface area contributed by atoms with Crippen molar-refractivity contribution < 1.29 is 14.6 Å². The van der Waals surface area contributed by atoms with Crippen LogP contribution < -0.4 is 0 Å². The van der Waals surface area contributed by atoms with E-state index in [1.807, 2.05) is 0 Å². The molecule has 1 saturated heterocycles. The summed E-state index contributed by atoms with van der Waals surface area (Å²) in [5.41, 5.74) is 1.19. The monoisotopic (exact) mass is 253 g/mol. The van der Waals surface area contributed by atoms with Gasteiger partial charge in [0.1, 0.15) is 5.60 Å². The lowest BCUT2D eigenvalue weighted by Crippen LogP contribution is -2.47. The fourth-order valence-corrected chi connectivity index (χ4v) is 3.95. The van der Waals surface area contributed by atoms with E-state index in [2.05, 4.69) is 11.4 Å². The lowest BCUT2D eigenvalue weighted by molar-refractivity contribution is -0.0914. The van der Waals surface area contributed by atoms with Gasteiger partial charge in [-0.3, -0.25) is 0 Å². The first-order chi connectivity index (χ1) is 8.21. The molecule has 1 aromatic rings. The summed E-state index contributed by atoms with van der Waals surface area (Å²) in [5, 5.41) is 11.1. The molecule has 3 heterocycles. The second-order valence-electron chi connectivity index (χ2n) is 4.64. The Balaban J connectivity index is 1.84. The van der Waals surface area contributed by atoms with E-state index < -0.39 is 6.09 Å². The molecule has 1 spiro atoms. The van der Waals surface area contributed by atoms with Crippen LogP contribution in [0, 0.1) is 0 Å². The summed E-state index contributed by atoms with van der Waals surface area (Å²) in [4.78, 5) is 13.7. The van der Waals surface area contributed by atoms with Crippen LogP contribution in [0.2, 0.25) is 0 Å². The highest BCUT2D eigenvalue weighted by Crippen LogP contribution is 2.44. The first-order valence-corrected chi connectivity index (χ1v) is 6.78. The summed E-state index contributed by atoms with van der Waals surface area (Å²) >= 11 is 1.75. The molecule has 1 fully saturated rings. The Kier molecular flexibility index (Phi) is 2.60. The summed E-state index contributed by atoms with van der Waals surface area (Å²) < 4.78 is 6.01. The van der Waals surface area contributed by atoms with Crippen LogP contribution >= 0.6 is 11.3 Å². The lowest BCUT2D eigenvalue weighted by Gasteiger charge is -2.42. The highest BCUT2D eigenvalue weighted by molar-refractivity contribution is 7.10. The molecule has 0 saturated carbocycles. The minimum absolute atomic E-state index is 0.201. The summed E-state index contributed by atoms with van der Waals surface area (Å²) in [6, 6.07) is 2.17. The van der Waals surface area contributed by atoms with Crippen molar-refractivity contribution in [1.29, 1.82) is 0 Å². The van der Waals surface area contributed by atoms with Gasteiger partial charge in [0.05, 0.1) is 6.61 Å². The molecule has 0 radical (unpaired) electrons. The van der Waals surface area contributed by atoms with Crippen LogP contribution in [-0.2, 0) is 16.8 Å². The number of piperidine rings is 1. The van der Waals surface area contributed by atoms with Gasteiger partial charge in [-0.05, 0) is 36.3 Å². The molecular weight excluding hydrogens is 238 g/mol. The first-order valence-electron chi connectivity index (χ1n) is 5.90. The molecule has 1 N–H and O–H groups in total. The quantitative estimate of drug-likeness (QED) is 0.771. The van der Waals surface area contributed by atoms with Gasteiger partial charge in [-0.15, -0.1) is 11.3 Å². The van der Waals surface area contributed by atoms with E-state index in [0.29, 0.717) is 13.1 Å². The van der Waals surface area contributed by atoms with Crippen LogP contribution in [-0.4, -0.2) is 35.8 Å². The maximum atomic E-state index is 10.9. The predicted octanol–water partition coefficient (Wildman–Crippen LogP) is 2.29. The summed E-state index contributed by atoms with van der Waals surface area (Å²) in [6.07, 6.45) is 1.74. The van der Waals surface area contributed by atoms with E-state index >= 15 is 0 Å². The standard InChI is InChI=1S/C12H15NO3S/c14-11(15)13-5-3-12(4-6-13)10-9(1-7-16-12)2-8-17-10/h2,8H,1,3-7H2,(H,14,15). The van der Waals surface area contributed by atoms with Gasteiger partial charge < -0.3 is 14.7 Å². The Morgan fingerprint density at radius 1 is 1.47 bits per heavy atom. The van der Waals surface area contributed by atoms with Crippen molar-refractivity contribution in [3.05, 3.63) is 21.9 Å². The number of thiophene rings is 1. The topological polar surface area (TPSA) is 49.8 Å². The van der Waals surface area contributed by atoms with Gasteiger partial charge in [0.2, 0.25) is 0 Å². The number of ether oxygens (including phenoxy) is 1. The number of hydrogen-bond donors (Lipinski definition) is 1. The minimum Gasteiger partial charge on any atom is -0.465 e. The molecule has 0 unspecified atom stereocenters. The predicted molar refractivity (Wildman–Crippen MR) is 64.5 cm³/mol. The van der Waals surface area contributed by atoms with E-state index in [1.54, 1.807) is 11.3 Å². The molecule has 0 bridgehead atoms. The molecule has 92 valence electrons. The van der Waals surface area contributed by atoms with Gasteiger partial charge in [0.15, 0.2) is 0 Å². The van der Waals surface area contributed by atoms with Crippen LogP contribution in [0.5, 0.6) is 0 Å². The average Bonchev–Trinajstić information content (AvgIpc) is 2.80. The SMILES string of the molecule is O=C(O)N1CCC2(CC1)OCCc1ccsc12. The second kappa shape index (κ2) is 3.99. The van der Waals surface area contributed by atoms with Gasteiger partial charge in [-0.2, -0.15) is 0 Å². The molecule has 17 heavy (non-hydrogen) atoms. The van der Waals surface area contributed by atoms with Gasteiger partial charge in [0.25, 0.3) is 0 Å². The van der Waals surface area contributed by atoms with E-state index in [9.17, 15) is 4.79 Å². The molecule has 1 amide bonds. The van der Waals surface area contributed by atoms with E-state index in [4.69, 9.17) is 9.84 Å².